The summed E-state index contributed by atoms with van der Waals surface area (Å²) in [7, 11) is 0. The largest absolute Gasteiger partial charge is 0.478 e. The summed E-state index contributed by atoms with van der Waals surface area (Å²) >= 11 is 0. The summed E-state index contributed by atoms with van der Waals surface area (Å²) in [5.41, 5.74) is 0. The van der Waals surface area contributed by atoms with Crippen molar-refractivity contribution in [2.45, 2.75) is 0 Å². The van der Waals surface area contributed by atoms with Crippen molar-refractivity contribution < 1.29 is 14.7 Å². The first kappa shape index (κ1) is 9.73. The number of piperazine rings is 1. The lowest BCUT2D eigenvalue weighted by Crippen LogP contribution is -2.43. The highest BCUT2D eigenvalue weighted by atomic mass is 16.4. The molecule has 0 spiro atoms. The Morgan fingerprint density at radius 2 is 1.85 bits per heavy atom. The highest BCUT2D eigenvalue weighted by molar-refractivity contribution is 5.93. The molecule has 0 aromatic rings. The SMILES string of the molecule is O=C(O)C=CC(=O)N1CC[N]CC1. The molecule has 1 rings (SSSR count). The van der Waals surface area contributed by atoms with Crippen LogP contribution in [0.4, 0.5) is 0 Å². The van der Waals surface area contributed by atoms with Gasteiger partial charge in [-0.05, 0) is 0 Å². The van der Waals surface area contributed by atoms with Crippen molar-refractivity contribution in [2.75, 3.05) is 26.2 Å². The lowest BCUT2D eigenvalue weighted by molar-refractivity contribution is -0.132. The van der Waals surface area contributed by atoms with E-state index in [4.69, 9.17) is 5.11 Å². The lowest BCUT2D eigenvalue weighted by Gasteiger charge is -2.25. The van der Waals surface area contributed by atoms with Crippen LogP contribution in [-0.4, -0.2) is 48.1 Å². The van der Waals surface area contributed by atoms with Crippen LogP contribution >= 0.6 is 0 Å². The standard InChI is InChI=1S/C8H11N2O3/c11-7(1-2-8(12)13)10-5-3-9-4-6-10/h1-2H,3-6H2,(H,12,13). The van der Waals surface area contributed by atoms with Gasteiger partial charge in [-0.3, -0.25) is 4.79 Å². The number of nitrogens with zero attached hydrogens (tertiary/aromatic N) is 2. The molecule has 0 aromatic heterocycles. The Balaban J connectivity index is 2.41. The third-order valence-corrected chi connectivity index (χ3v) is 1.74. The molecule has 1 saturated heterocycles. The van der Waals surface area contributed by atoms with E-state index < -0.39 is 5.97 Å². The van der Waals surface area contributed by atoms with Gasteiger partial charge in [-0.25, -0.2) is 10.1 Å². The first-order valence-electron chi connectivity index (χ1n) is 4.03. The average Bonchev–Trinajstić information content (AvgIpc) is 2.15. The van der Waals surface area contributed by atoms with Gasteiger partial charge in [0.1, 0.15) is 0 Å². The van der Waals surface area contributed by atoms with E-state index in [0.29, 0.717) is 26.2 Å². The highest BCUT2D eigenvalue weighted by Crippen LogP contribution is 1.95. The van der Waals surface area contributed by atoms with Crippen LogP contribution in [0.1, 0.15) is 0 Å². The van der Waals surface area contributed by atoms with E-state index in [0.717, 1.165) is 12.2 Å². The fraction of sp³-hybridized carbons (Fsp3) is 0.500. The second-order valence-electron chi connectivity index (χ2n) is 2.67. The Hall–Kier alpha value is -1.36. The smallest absolute Gasteiger partial charge is 0.328 e. The summed E-state index contributed by atoms with van der Waals surface area (Å²) in [6.45, 7) is 2.46. The molecule has 0 aromatic carbocycles. The number of amides is 1. The van der Waals surface area contributed by atoms with Crippen molar-refractivity contribution in [3.63, 3.8) is 0 Å². The van der Waals surface area contributed by atoms with E-state index in [2.05, 4.69) is 5.32 Å². The Morgan fingerprint density at radius 3 is 2.38 bits per heavy atom. The van der Waals surface area contributed by atoms with Gasteiger partial charge in [0.25, 0.3) is 0 Å². The molecule has 0 unspecified atom stereocenters. The van der Waals surface area contributed by atoms with E-state index in [1.54, 1.807) is 4.90 Å². The van der Waals surface area contributed by atoms with Crippen LogP contribution in [0.2, 0.25) is 0 Å². The minimum atomic E-state index is -1.10. The van der Waals surface area contributed by atoms with Crippen LogP contribution in [-0.2, 0) is 9.59 Å². The number of aliphatic carboxylic acids is 1. The Morgan fingerprint density at radius 1 is 1.23 bits per heavy atom. The Kier molecular flexibility index (Phi) is 3.45. The molecule has 1 heterocycles. The molecular formula is C8H11N2O3. The van der Waals surface area contributed by atoms with Crippen LogP contribution < -0.4 is 5.32 Å². The normalized spacial score (nSPS) is 17.7. The van der Waals surface area contributed by atoms with Gasteiger partial charge >= 0.3 is 5.97 Å². The highest BCUT2D eigenvalue weighted by Gasteiger charge is 2.13. The summed E-state index contributed by atoms with van der Waals surface area (Å²) in [5, 5.41) is 12.4. The van der Waals surface area contributed by atoms with Crippen molar-refractivity contribution in [1.29, 1.82) is 0 Å². The maximum atomic E-state index is 11.2. The van der Waals surface area contributed by atoms with Crippen molar-refractivity contribution >= 4 is 11.9 Å². The zero-order chi connectivity index (χ0) is 9.68. The van der Waals surface area contributed by atoms with Crippen LogP contribution in [0.15, 0.2) is 12.2 Å². The second kappa shape index (κ2) is 4.61. The van der Waals surface area contributed by atoms with E-state index in [-0.39, 0.29) is 5.91 Å². The number of carboxylic acids is 1. The van der Waals surface area contributed by atoms with Gasteiger partial charge in [0, 0.05) is 38.3 Å². The molecule has 71 valence electrons. The summed E-state index contributed by atoms with van der Waals surface area (Å²) in [5.74, 6) is -1.35. The van der Waals surface area contributed by atoms with E-state index in [1.807, 2.05) is 0 Å². The first-order valence-corrected chi connectivity index (χ1v) is 4.03. The molecule has 1 aliphatic rings. The number of carbonyl (C=O) groups excluding carboxylic acids is 1. The molecule has 1 fully saturated rings. The van der Waals surface area contributed by atoms with Crippen LogP contribution in [0.3, 0.4) is 0 Å². The molecule has 0 aliphatic carbocycles. The minimum absolute atomic E-state index is 0.252. The van der Waals surface area contributed by atoms with E-state index >= 15 is 0 Å². The molecule has 1 amide bonds. The fourth-order valence-corrected chi connectivity index (χ4v) is 1.07. The van der Waals surface area contributed by atoms with Crippen LogP contribution in [0.5, 0.6) is 0 Å². The molecule has 5 heteroatoms. The molecule has 5 nitrogen and oxygen atoms in total. The third-order valence-electron chi connectivity index (χ3n) is 1.74. The molecule has 0 atom stereocenters. The fourth-order valence-electron chi connectivity index (χ4n) is 1.07. The topological polar surface area (TPSA) is 71.7 Å². The zero-order valence-electron chi connectivity index (χ0n) is 7.14. The van der Waals surface area contributed by atoms with E-state index in [9.17, 15) is 9.59 Å². The van der Waals surface area contributed by atoms with Gasteiger partial charge in [-0.1, -0.05) is 0 Å². The second-order valence-corrected chi connectivity index (χ2v) is 2.67. The summed E-state index contributed by atoms with van der Waals surface area (Å²) in [4.78, 5) is 22.9. The van der Waals surface area contributed by atoms with E-state index in [1.165, 1.54) is 0 Å². The van der Waals surface area contributed by atoms with Gasteiger partial charge in [-0.15, -0.1) is 0 Å². The maximum Gasteiger partial charge on any atom is 0.328 e. The first-order chi connectivity index (χ1) is 6.20. The summed E-state index contributed by atoms with van der Waals surface area (Å²) in [6.07, 6.45) is 1.93. The Bertz CT molecular complexity index is 232. The predicted octanol–water partition coefficient (Wildman–Crippen LogP) is -0.926. The van der Waals surface area contributed by atoms with Crippen molar-refractivity contribution in [1.82, 2.24) is 10.2 Å². The summed E-state index contributed by atoms with van der Waals surface area (Å²) < 4.78 is 0. The monoisotopic (exact) mass is 183 g/mol. The van der Waals surface area contributed by atoms with Crippen LogP contribution in [0, 0.1) is 0 Å². The lowest BCUT2D eigenvalue weighted by atomic mass is 10.3. The molecule has 0 saturated carbocycles. The molecular weight excluding hydrogens is 172 g/mol. The van der Waals surface area contributed by atoms with Gasteiger partial charge in [-0.2, -0.15) is 0 Å². The number of rotatable bonds is 2. The molecule has 1 aliphatic heterocycles. The molecule has 1 radical (unpaired) electrons. The van der Waals surface area contributed by atoms with Crippen molar-refractivity contribution in [2.24, 2.45) is 0 Å². The average molecular weight is 183 g/mol. The minimum Gasteiger partial charge on any atom is -0.478 e. The van der Waals surface area contributed by atoms with Gasteiger partial charge in [0.2, 0.25) is 5.91 Å². The number of carbonyl (C=O) groups is 2. The van der Waals surface area contributed by atoms with Crippen molar-refractivity contribution in [3.8, 4) is 0 Å². The van der Waals surface area contributed by atoms with Crippen LogP contribution in [0.25, 0.3) is 0 Å². The zero-order valence-corrected chi connectivity index (χ0v) is 7.14. The predicted molar refractivity (Wildman–Crippen MR) is 45.2 cm³/mol. The molecule has 0 bridgehead atoms. The number of hydrogen-bond donors (Lipinski definition) is 1. The van der Waals surface area contributed by atoms with Gasteiger partial charge in [0.05, 0.1) is 0 Å². The van der Waals surface area contributed by atoms with Crippen molar-refractivity contribution in [3.05, 3.63) is 12.2 Å². The Labute approximate surface area is 76.0 Å². The molecule has 13 heavy (non-hydrogen) atoms. The van der Waals surface area contributed by atoms with Gasteiger partial charge in [0.15, 0.2) is 0 Å². The summed E-state index contributed by atoms with van der Waals surface area (Å²) in [6, 6.07) is 0. The quantitative estimate of drug-likeness (QED) is 0.562. The third kappa shape index (κ3) is 3.25. The maximum absolute atomic E-state index is 11.2. The molecule has 1 N–H and O–H groups in total. The number of hydrogen-bond acceptors (Lipinski definition) is 2. The van der Waals surface area contributed by atoms with Gasteiger partial charge < -0.3 is 10.0 Å². The number of carboxylic acid groups (broad SMARTS) is 1.